The molecule has 0 saturated carbocycles. The Morgan fingerprint density at radius 1 is 1.40 bits per heavy atom. The monoisotopic (exact) mass is 357 g/mol. The molecule has 1 N–H and O–H groups in total. The van der Waals surface area contributed by atoms with Crippen LogP contribution in [0, 0.1) is 19.8 Å². The summed E-state index contributed by atoms with van der Waals surface area (Å²) in [7, 11) is 0. The maximum Gasteiger partial charge on any atom is 0.231 e. The van der Waals surface area contributed by atoms with E-state index < -0.39 is 0 Å². The number of anilines is 1. The lowest BCUT2D eigenvalue weighted by Crippen LogP contribution is -2.33. The Morgan fingerprint density at radius 3 is 3.04 bits per heavy atom. The van der Waals surface area contributed by atoms with Gasteiger partial charge in [-0.2, -0.15) is 0 Å². The van der Waals surface area contributed by atoms with Gasteiger partial charge in [-0.25, -0.2) is 4.98 Å². The number of hydrogen-bond acceptors (Lipinski definition) is 4. The van der Waals surface area contributed by atoms with Crippen LogP contribution in [0.3, 0.4) is 0 Å². The molecule has 2 heterocycles. The zero-order chi connectivity index (χ0) is 17.8. The molecule has 2 aromatic rings. The Bertz CT molecular complexity index is 740. The summed E-state index contributed by atoms with van der Waals surface area (Å²) >= 11 is 1.59. The summed E-state index contributed by atoms with van der Waals surface area (Å²) in [4.78, 5) is 19.5. The van der Waals surface area contributed by atoms with E-state index >= 15 is 0 Å². The van der Waals surface area contributed by atoms with E-state index in [1.807, 2.05) is 26.0 Å². The van der Waals surface area contributed by atoms with Crippen LogP contribution in [0.25, 0.3) is 0 Å². The Balaban J connectivity index is 1.55. The molecule has 1 unspecified atom stereocenters. The first-order chi connectivity index (χ1) is 12.0. The number of carbonyl (C=O) groups excluding carboxylic acids is 1. The fourth-order valence-electron chi connectivity index (χ4n) is 3.36. The minimum absolute atomic E-state index is 0.00111. The van der Waals surface area contributed by atoms with Crippen molar-refractivity contribution in [2.45, 2.75) is 46.6 Å². The second-order valence-electron chi connectivity index (χ2n) is 7.26. The minimum Gasteiger partial charge on any atom is -0.325 e. The van der Waals surface area contributed by atoms with Crippen LogP contribution in [0.4, 0.5) is 5.69 Å². The van der Waals surface area contributed by atoms with Crippen LogP contribution >= 0.6 is 11.3 Å². The van der Waals surface area contributed by atoms with Crippen molar-refractivity contribution in [2.75, 3.05) is 18.4 Å². The average molecular weight is 358 g/mol. The van der Waals surface area contributed by atoms with Crippen molar-refractivity contribution in [2.24, 2.45) is 5.92 Å². The fraction of sp³-hybridized carbons (Fsp3) is 0.500. The number of nitrogens with zero attached hydrogens (tertiary/aromatic N) is 2. The Labute approximate surface area is 154 Å². The standard InChI is InChI=1S/C20H27N3OS/c1-14-6-7-16(3)18(9-14)22-19(24)10-20-21-17(13-25-20)12-23-8-4-5-15(2)11-23/h6-7,9,13,15H,4-5,8,10-12H2,1-3H3,(H,22,24). The van der Waals surface area contributed by atoms with Gasteiger partial charge in [-0.15, -0.1) is 11.3 Å². The largest absolute Gasteiger partial charge is 0.325 e. The molecule has 0 spiro atoms. The molecule has 25 heavy (non-hydrogen) atoms. The SMILES string of the molecule is Cc1ccc(C)c(NC(=O)Cc2nc(CN3CCCC(C)C3)cs2)c1. The van der Waals surface area contributed by atoms with Crippen molar-refractivity contribution in [3.8, 4) is 0 Å². The lowest BCUT2D eigenvalue weighted by molar-refractivity contribution is -0.115. The van der Waals surface area contributed by atoms with E-state index in [-0.39, 0.29) is 5.91 Å². The third-order valence-electron chi connectivity index (χ3n) is 4.70. The third-order valence-corrected chi connectivity index (χ3v) is 5.60. The molecule has 1 fully saturated rings. The summed E-state index contributed by atoms with van der Waals surface area (Å²) in [6.07, 6.45) is 2.95. The van der Waals surface area contributed by atoms with Gasteiger partial charge in [0, 0.05) is 24.2 Å². The number of aryl methyl sites for hydroxylation is 2. The molecule has 0 aliphatic carbocycles. The maximum atomic E-state index is 12.3. The topological polar surface area (TPSA) is 45.2 Å². The average Bonchev–Trinajstić information content (AvgIpc) is 2.97. The summed E-state index contributed by atoms with van der Waals surface area (Å²) in [5.41, 5.74) is 4.21. The second-order valence-corrected chi connectivity index (χ2v) is 8.20. The molecule has 1 amide bonds. The van der Waals surface area contributed by atoms with Gasteiger partial charge in [0.05, 0.1) is 12.1 Å². The first-order valence-corrected chi connectivity index (χ1v) is 9.90. The van der Waals surface area contributed by atoms with Crippen LogP contribution in [-0.4, -0.2) is 28.9 Å². The molecule has 1 aromatic heterocycles. The molecule has 3 rings (SSSR count). The lowest BCUT2D eigenvalue weighted by atomic mass is 10.0. The Morgan fingerprint density at radius 2 is 2.24 bits per heavy atom. The van der Waals surface area contributed by atoms with E-state index in [1.165, 1.54) is 12.8 Å². The number of likely N-dealkylation sites (tertiary alicyclic amines) is 1. The lowest BCUT2D eigenvalue weighted by Gasteiger charge is -2.30. The highest BCUT2D eigenvalue weighted by atomic mass is 32.1. The summed E-state index contributed by atoms with van der Waals surface area (Å²) in [5.74, 6) is 0.774. The van der Waals surface area contributed by atoms with Crippen LogP contribution < -0.4 is 5.32 Å². The predicted molar refractivity (Wildman–Crippen MR) is 104 cm³/mol. The highest BCUT2D eigenvalue weighted by Crippen LogP contribution is 2.20. The zero-order valence-corrected chi connectivity index (χ0v) is 16.2. The normalized spacial score (nSPS) is 18.3. The van der Waals surface area contributed by atoms with Crippen LogP contribution in [0.2, 0.25) is 0 Å². The van der Waals surface area contributed by atoms with Crippen molar-refractivity contribution in [3.63, 3.8) is 0 Å². The van der Waals surface area contributed by atoms with E-state index in [4.69, 9.17) is 0 Å². The molecule has 1 aliphatic rings. The molecular formula is C20H27N3OS. The number of hydrogen-bond donors (Lipinski definition) is 1. The smallest absolute Gasteiger partial charge is 0.231 e. The second kappa shape index (κ2) is 8.11. The van der Waals surface area contributed by atoms with Crippen molar-refractivity contribution in [1.82, 2.24) is 9.88 Å². The van der Waals surface area contributed by atoms with Crippen LogP contribution in [0.1, 0.15) is 41.6 Å². The van der Waals surface area contributed by atoms with Gasteiger partial charge in [0.1, 0.15) is 5.01 Å². The fourth-order valence-corrected chi connectivity index (χ4v) is 4.15. The first-order valence-electron chi connectivity index (χ1n) is 9.02. The van der Waals surface area contributed by atoms with Crippen molar-refractivity contribution in [3.05, 3.63) is 45.4 Å². The molecule has 5 heteroatoms. The van der Waals surface area contributed by atoms with Crippen LogP contribution in [0.5, 0.6) is 0 Å². The van der Waals surface area contributed by atoms with Gasteiger partial charge in [-0.1, -0.05) is 19.1 Å². The Hall–Kier alpha value is -1.72. The van der Waals surface area contributed by atoms with E-state index in [9.17, 15) is 4.79 Å². The highest BCUT2D eigenvalue weighted by Gasteiger charge is 2.17. The van der Waals surface area contributed by atoms with Crippen molar-refractivity contribution in [1.29, 1.82) is 0 Å². The van der Waals surface area contributed by atoms with Gasteiger partial charge >= 0.3 is 0 Å². The molecular weight excluding hydrogens is 330 g/mol. The number of piperidine rings is 1. The number of thiazole rings is 1. The zero-order valence-electron chi connectivity index (χ0n) is 15.3. The predicted octanol–water partition coefficient (Wildman–Crippen LogP) is 4.17. The summed E-state index contributed by atoms with van der Waals surface area (Å²) in [6.45, 7) is 9.57. The van der Waals surface area contributed by atoms with E-state index in [0.717, 1.165) is 53.1 Å². The number of aromatic nitrogens is 1. The first kappa shape index (κ1) is 18.1. The molecule has 0 radical (unpaired) electrons. The molecule has 1 saturated heterocycles. The maximum absolute atomic E-state index is 12.3. The van der Waals surface area contributed by atoms with E-state index in [0.29, 0.717) is 6.42 Å². The van der Waals surface area contributed by atoms with Crippen molar-refractivity contribution < 1.29 is 4.79 Å². The molecule has 1 atom stereocenters. The highest BCUT2D eigenvalue weighted by molar-refractivity contribution is 7.09. The molecule has 1 aliphatic heterocycles. The number of rotatable bonds is 5. The number of nitrogens with one attached hydrogen (secondary N) is 1. The number of amides is 1. The summed E-state index contributed by atoms with van der Waals surface area (Å²) in [6, 6.07) is 6.10. The molecule has 134 valence electrons. The van der Waals surface area contributed by atoms with Crippen LogP contribution in [0.15, 0.2) is 23.6 Å². The number of benzene rings is 1. The van der Waals surface area contributed by atoms with Crippen molar-refractivity contribution >= 4 is 22.9 Å². The van der Waals surface area contributed by atoms with Gasteiger partial charge in [0.25, 0.3) is 0 Å². The Kier molecular flexibility index (Phi) is 5.86. The third kappa shape index (κ3) is 5.13. The summed E-state index contributed by atoms with van der Waals surface area (Å²) < 4.78 is 0. The van der Waals surface area contributed by atoms with Crippen LogP contribution in [-0.2, 0) is 17.8 Å². The number of carbonyl (C=O) groups is 1. The molecule has 4 nitrogen and oxygen atoms in total. The summed E-state index contributed by atoms with van der Waals surface area (Å²) in [5, 5.41) is 6.00. The van der Waals surface area contributed by atoms with Gasteiger partial charge in [-0.3, -0.25) is 9.69 Å². The van der Waals surface area contributed by atoms with E-state index in [2.05, 4.69) is 33.6 Å². The van der Waals surface area contributed by atoms with Gasteiger partial charge in [0.2, 0.25) is 5.91 Å². The minimum atomic E-state index is 0.00111. The quantitative estimate of drug-likeness (QED) is 0.873. The molecule has 0 bridgehead atoms. The van der Waals surface area contributed by atoms with Gasteiger partial charge in [-0.05, 0) is 56.3 Å². The van der Waals surface area contributed by atoms with Gasteiger partial charge < -0.3 is 5.32 Å². The van der Waals surface area contributed by atoms with Gasteiger partial charge in [0.15, 0.2) is 0 Å². The van der Waals surface area contributed by atoms with E-state index in [1.54, 1.807) is 11.3 Å². The molecule has 1 aromatic carbocycles.